The van der Waals surface area contributed by atoms with Gasteiger partial charge in [0.05, 0.1) is 16.8 Å². The zero-order valence-electron chi connectivity index (χ0n) is 15.9. The van der Waals surface area contributed by atoms with E-state index in [-0.39, 0.29) is 21.8 Å². The van der Waals surface area contributed by atoms with Gasteiger partial charge in [-0.15, -0.1) is 9.81 Å². The molecule has 154 valence electrons. The lowest BCUT2D eigenvalue weighted by Crippen LogP contribution is -2.20. The van der Waals surface area contributed by atoms with E-state index in [9.17, 15) is 27.8 Å². The SMILES string of the molecule is Cc1c(Cl)cc(C(C)(C)C)c(N=O)c1C(=O)Nc1ccc(N=O)cc1C(F)(F)F. The van der Waals surface area contributed by atoms with E-state index >= 15 is 0 Å². The predicted molar refractivity (Wildman–Crippen MR) is 105 cm³/mol. The van der Waals surface area contributed by atoms with Crippen LogP contribution in [0.1, 0.15) is 47.8 Å². The van der Waals surface area contributed by atoms with E-state index in [0.29, 0.717) is 11.6 Å². The van der Waals surface area contributed by atoms with Gasteiger partial charge in [0.1, 0.15) is 11.4 Å². The zero-order chi connectivity index (χ0) is 22.1. The van der Waals surface area contributed by atoms with E-state index in [1.807, 2.05) is 0 Å². The van der Waals surface area contributed by atoms with Crippen molar-refractivity contribution in [3.63, 3.8) is 0 Å². The molecule has 10 heteroatoms. The van der Waals surface area contributed by atoms with E-state index in [2.05, 4.69) is 15.7 Å². The highest BCUT2D eigenvalue weighted by Gasteiger charge is 2.35. The Morgan fingerprint density at radius 1 is 1.03 bits per heavy atom. The van der Waals surface area contributed by atoms with Crippen molar-refractivity contribution in [2.45, 2.75) is 39.3 Å². The topological polar surface area (TPSA) is 88.0 Å². The van der Waals surface area contributed by atoms with Crippen molar-refractivity contribution in [1.82, 2.24) is 0 Å². The Labute approximate surface area is 169 Å². The van der Waals surface area contributed by atoms with Crippen LogP contribution in [0.4, 0.5) is 30.2 Å². The highest BCUT2D eigenvalue weighted by Crippen LogP contribution is 2.41. The molecule has 6 nitrogen and oxygen atoms in total. The molecular weight excluding hydrogens is 411 g/mol. The second kappa shape index (κ2) is 7.90. The molecule has 0 fully saturated rings. The summed E-state index contributed by atoms with van der Waals surface area (Å²) in [5.74, 6) is -0.984. The van der Waals surface area contributed by atoms with Crippen molar-refractivity contribution in [3.05, 3.63) is 61.4 Å². The lowest BCUT2D eigenvalue weighted by Gasteiger charge is -2.23. The van der Waals surface area contributed by atoms with Crippen molar-refractivity contribution < 1.29 is 18.0 Å². The number of halogens is 4. The largest absolute Gasteiger partial charge is 0.418 e. The van der Waals surface area contributed by atoms with Crippen LogP contribution in [0.15, 0.2) is 34.6 Å². The van der Waals surface area contributed by atoms with Crippen LogP contribution in [0.3, 0.4) is 0 Å². The fourth-order valence-corrected chi connectivity index (χ4v) is 3.00. The summed E-state index contributed by atoms with van der Waals surface area (Å²) in [6, 6.07) is 3.97. The van der Waals surface area contributed by atoms with Crippen molar-refractivity contribution in [2.75, 3.05) is 5.32 Å². The van der Waals surface area contributed by atoms with E-state index in [0.717, 1.165) is 12.1 Å². The summed E-state index contributed by atoms with van der Waals surface area (Å²) in [5, 5.41) is 7.75. The van der Waals surface area contributed by atoms with Gasteiger partial charge in [-0.1, -0.05) is 32.4 Å². The van der Waals surface area contributed by atoms with Gasteiger partial charge >= 0.3 is 6.18 Å². The molecule has 1 N–H and O–H groups in total. The summed E-state index contributed by atoms with van der Waals surface area (Å²) in [7, 11) is 0. The van der Waals surface area contributed by atoms with E-state index in [4.69, 9.17) is 11.6 Å². The van der Waals surface area contributed by atoms with Crippen molar-refractivity contribution in [3.8, 4) is 0 Å². The average molecular weight is 428 g/mol. The normalized spacial score (nSPS) is 11.9. The monoisotopic (exact) mass is 427 g/mol. The number of hydrogen-bond donors (Lipinski definition) is 1. The maximum absolute atomic E-state index is 13.3. The fraction of sp³-hybridized carbons (Fsp3) is 0.316. The molecule has 0 aromatic heterocycles. The summed E-state index contributed by atoms with van der Waals surface area (Å²) in [5.41, 5.74) is -2.73. The van der Waals surface area contributed by atoms with Crippen LogP contribution in [0, 0.1) is 16.7 Å². The molecule has 29 heavy (non-hydrogen) atoms. The first kappa shape index (κ1) is 22.5. The molecule has 1 amide bonds. The van der Waals surface area contributed by atoms with Gasteiger partial charge in [-0.2, -0.15) is 13.2 Å². The number of nitroso groups, excluding NO2 is 2. The number of hydrogen-bond acceptors (Lipinski definition) is 5. The van der Waals surface area contributed by atoms with Crippen LogP contribution in [0.25, 0.3) is 0 Å². The molecule has 0 bridgehead atoms. The molecule has 0 spiro atoms. The Morgan fingerprint density at radius 3 is 2.14 bits per heavy atom. The molecule has 0 heterocycles. The Morgan fingerprint density at radius 2 is 1.66 bits per heavy atom. The van der Waals surface area contributed by atoms with Crippen LogP contribution in [0.5, 0.6) is 0 Å². The minimum atomic E-state index is -4.85. The highest BCUT2D eigenvalue weighted by atomic mass is 35.5. The molecule has 0 saturated heterocycles. The second-order valence-corrected chi connectivity index (χ2v) is 7.78. The molecule has 0 aliphatic carbocycles. The first-order valence-electron chi connectivity index (χ1n) is 8.34. The van der Waals surface area contributed by atoms with Crippen LogP contribution in [0.2, 0.25) is 5.02 Å². The number of carbonyl (C=O) groups excluding carboxylic acids is 1. The predicted octanol–water partition coefficient (Wildman–Crippen LogP) is 7.01. The third-order valence-corrected chi connectivity index (χ3v) is 4.68. The van der Waals surface area contributed by atoms with Gasteiger partial charge in [0.25, 0.3) is 5.91 Å². The number of anilines is 1. The van der Waals surface area contributed by atoms with Crippen LogP contribution in [-0.2, 0) is 11.6 Å². The van der Waals surface area contributed by atoms with Crippen molar-refractivity contribution >= 4 is 34.6 Å². The number of nitrogens with one attached hydrogen (secondary N) is 1. The Hall–Kier alpha value is -2.81. The standard InChI is InChI=1S/C19H17ClF3N3O3/c1-9-13(20)8-12(18(2,3)4)16(26-29)15(9)17(27)24-14-6-5-10(25-28)7-11(14)19(21,22)23/h5-8H,1-4H3,(H,24,27). The summed E-state index contributed by atoms with van der Waals surface area (Å²) in [6.07, 6.45) is -4.85. The molecule has 2 aromatic carbocycles. The lowest BCUT2D eigenvalue weighted by molar-refractivity contribution is -0.136. The number of alkyl halides is 3. The van der Waals surface area contributed by atoms with Gasteiger partial charge in [0, 0.05) is 5.02 Å². The summed E-state index contributed by atoms with van der Waals surface area (Å²) < 4.78 is 40.0. The van der Waals surface area contributed by atoms with Crippen LogP contribution < -0.4 is 5.32 Å². The Kier molecular flexibility index (Phi) is 6.13. The lowest BCUT2D eigenvalue weighted by atomic mass is 9.83. The first-order valence-corrected chi connectivity index (χ1v) is 8.72. The maximum Gasteiger partial charge on any atom is 0.418 e. The zero-order valence-corrected chi connectivity index (χ0v) is 16.7. The van der Waals surface area contributed by atoms with Crippen molar-refractivity contribution in [1.29, 1.82) is 0 Å². The molecular formula is C19H17ClF3N3O3. The van der Waals surface area contributed by atoms with Crippen molar-refractivity contribution in [2.24, 2.45) is 10.4 Å². The number of amides is 1. The van der Waals surface area contributed by atoms with E-state index in [1.165, 1.54) is 13.0 Å². The van der Waals surface area contributed by atoms with Gasteiger partial charge in [-0.25, -0.2) is 0 Å². The smallest absolute Gasteiger partial charge is 0.321 e. The number of rotatable bonds is 4. The summed E-state index contributed by atoms with van der Waals surface area (Å²) >= 11 is 6.19. The molecule has 0 aliphatic rings. The number of carbonyl (C=O) groups is 1. The second-order valence-electron chi connectivity index (χ2n) is 7.37. The third-order valence-electron chi connectivity index (χ3n) is 4.28. The molecule has 0 aliphatic heterocycles. The molecule has 2 rings (SSSR count). The molecule has 0 unspecified atom stereocenters. The van der Waals surface area contributed by atoms with Gasteiger partial charge in [0.15, 0.2) is 0 Å². The minimum Gasteiger partial charge on any atom is -0.321 e. The number of nitrogens with zero attached hydrogens (tertiary/aromatic N) is 2. The quantitative estimate of drug-likeness (QED) is 0.532. The Bertz CT molecular complexity index is 999. The Balaban J connectivity index is 2.65. The maximum atomic E-state index is 13.3. The molecule has 0 radical (unpaired) electrons. The third kappa shape index (κ3) is 4.61. The summed E-state index contributed by atoms with van der Waals surface area (Å²) in [4.78, 5) is 35.0. The van der Waals surface area contributed by atoms with Gasteiger partial charge in [-0.05, 0) is 58.1 Å². The first-order chi connectivity index (χ1) is 13.3. The molecule has 0 saturated carbocycles. The van der Waals surface area contributed by atoms with Gasteiger partial charge in [-0.3, -0.25) is 4.79 Å². The molecule has 2 aromatic rings. The minimum absolute atomic E-state index is 0.170. The summed E-state index contributed by atoms with van der Waals surface area (Å²) in [6.45, 7) is 6.79. The average Bonchev–Trinajstić information content (AvgIpc) is 2.61. The van der Waals surface area contributed by atoms with Gasteiger partial charge < -0.3 is 5.32 Å². The van der Waals surface area contributed by atoms with Crippen LogP contribution >= 0.6 is 11.6 Å². The van der Waals surface area contributed by atoms with Crippen LogP contribution in [-0.4, -0.2) is 5.91 Å². The van der Waals surface area contributed by atoms with E-state index < -0.39 is 34.4 Å². The van der Waals surface area contributed by atoms with E-state index in [1.54, 1.807) is 20.8 Å². The van der Waals surface area contributed by atoms with Gasteiger partial charge in [0.2, 0.25) is 0 Å². The fourth-order valence-electron chi connectivity index (χ4n) is 2.80. The molecule has 0 atom stereocenters. The highest BCUT2D eigenvalue weighted by molar-refractivity contribution is 6.32. The number of benzene rings is 2.